The number of carboxylic acids is 4. The molecule has 0 aliphatic heterocycles. The molecule has 1 rings (SSSR count). The number of carboxylic acid groups (broad SMARTS) is 4. The second kappa shape index (κ2) is 8.30. The van der Waals surface area contributed by atoms with Crippen LogP contribution in [0.4, 0.5) is 0 Å². The van der Waals surface area contributed by atoms with E-state index in [0.717, 1.165) is 0 Å². The van der Waals surface area contributed by atoms with Gasteiger partial charge in [-0.2, -0.15) is 0 Å². The van der Waals surface area contributed by atoms with Crippen LogP contribution in [0, 0.1) is 23.7 Å². The highest BCUT2D eigenvalue weighted by molar-refractivity contribution is 5.93. The summed E-state index contributed by atoms with van der Waals surface area (Å²) in [4.78, 5) is 43.9. The van der Waals surface area contributed by atoms with E-state index in [1.54, 1.807) is 6.08 Å². The van der Waals surface area contributed by atoms with Crippen LogP contribution in [0.3, 0.4) is 0 Å². The van der Waals surface area contributed by atoms with Crippen LogP contribution in [0.15, 0.2) is 12.2 Å². The lowest BCUT2D eigenvalue weighted by atomic mass is 9.82. The molecule has 2 atom stereocenters. The molecule has 0 aromatic carbocycles. The summed E-state index contributed by atoms with van der Waals surface area (Å²) in [5.41, 5.74) is 0. The van der Waals surface area contributed by atoms with Gasteiger partial charge in [0.25, 0.3) is 0 Å². The fourth-order valence-electron chi connectivity index (χ4n) is 2.88. The zero-order valence-electron chi connectivity index (χ0n) is 12.4. The van der Waals surface area contributed by atoms with Crippen molar-refractivity contribution in [1.29, 1.82) is 0 Å². The fraction of sp³-hybridized carbons (Fsp3) is 0.600. The summed E-state index contributed by atoms with van der Waals surface area (Å²) in [6.07, 6.45) is 5.00. The van der Waals surface area contributed by atoms with Crippen LogP contribution >= 0.6 is 0 Å². The summed E-state index contributed by atoms with van der Waals surface area (Å²) in [5.74, 6) is -9.22. The highest BCUT2D eigenvalue weighted by Crippen LogP contribution is 2.32. The van der Waals surface area contributed by atoms with E-state index in [0.29, 0.717) is 19.3 Å². The lowest BCUT2D eigenvalue weighted by molar-refractivity contribution is -0.156. The Balaban J connectivity index is 2.76. The van der Waals surface area contributed by atoms with E-state index in [1.807, 2.05) is 6.08 Å². The van der Waals surface area contributed by atoms with Crippen LogP contribution in [0.25, 0.3) is 0 Å². The maximum absolute atomic E-state index is 11.0. The fourth-order valence-corrected chi connectivity index (χ4v) is 2.88. The van der Waals surface area contributed by atoms with Gasteiger partial charge in [-0.15, -0.1) is 0 Å². The van der Waals surface area contributed by atoms with E-state index in [4.69, 9.17) is 20.4 Å². The summed E-state index contributed by atoms with van der Waals surface area (Å²) in [6.45, 7) is 0. The summed E-state index contributed by atoms with van der Waals surface area (Å²) in [5, 5.41) is 35.8. The first-order valence-corrected chi connectivity index (χ1v) is 7.30. The zero-order valence-corrected chi connectivity index (χ0v) is 12.4. The molecular formula is C15H20O8. The highest BCUT2D eigenvalue weighted by Gasteiger charge is 2.33. The molecule has 0 bridgehead atoms. The molecule has 0 aromatic rings. The van der Waals surface area contributed by atoms with E-state index in [2.05, 4.69) is 0 Å². The molecule has 128 valence electrons. The van der Waals surface area contributed by atoms with Crippen molar-refractivity contribution < 1.29 is 39.6 Å². The second-order valence-corrected chi connectivity index (χ2v) is 5.80. The minimum Gasteiger partial charge on any atom is -0.481 e. The van der Waals surface area contributed by atoms with Gasteiger partial charge in [-0.25, -0.2) is 0 Å². The highest BCUT2D eigenvalue weighted by atomic mass is 16.4. The third-order valence-corrected chi connectivity index (χ3v) is 4.09. The molecule has 0 saturated carbocycles. The van der Waals surface area contributed by atoms with E-state index < -0.39 is 35.7 Å². The van der Waals surface area contributed by atoms with Crippen molar-refractivity contribution in [1.82, 2.24) is 0 Å². The second-order valence-electron chi connectivity index (χ2n) is 5.80. The number of hydrogen-bond donors (Lipinski definition) is 4. The summed E-state index contributed by atoms with van der Waals surface area (Å²) in [6, 6.07) is 0. The van der Waals surface area contributed by atoms with Gasteiger partial charge in [0.05, 0.1) is 0 Å². The molecule has 23 heavy (non-hydrogen) atoms. The first-order valence-electron chi connectivity index (χ1n) is 7.30. The summed E-state index contributed by atoms with van der Waals surface area (Å²) >= 11 is 0. The van der Waals surface area contributed by atoms with Crippen LogP contribution < -0.4 is 0 Å². The average molecular weight is 328 g/mol. The molecule has 0 amide bonds. The van der Waals surface area contributed by atoms with Crippen molar-refractivity contribution in [3.8, 4) is 0 Å². The van der Waals surface area contributed by atoms with Gasteiger partial charge in [-0.3, -0.25) is 19.2 Å². The Kier molecular flexibility index (Phi) is 6.74. The average Bonchev–Trinajstić information content (AvgIpc) is 2.65. The molecule has 0 saturated heterocycles. The van der Waals surface area contributed by atoms with Crippen LogP contribution in [0.5, 0.6) is 0 Å². The van der Waals surface area contributed by atoms with Crippen molar-refractivity contribution in [3.63, 3.8) is 0 Å². The summed E-state index contributed by atoms with van der Waals surface area (Å²) < 4.78 is 0. The number of aliphatic carboxylic acids is 4. The third kappa shape index (κ3) is 5.72. The molecular weight excluding hydrogens is 308 g/mol. The maximum Gasteiger partial charge on any atom is 0.317 e. The van der Waals surface area contributed by atoms with Gasteiger partial charge in [-0.05, 0) is 43.9 Å². The topological polar surface area (TPSA) is 149 Å². The maximum atomic E-state index is 11.0. The Morgan fingerprint density at radius 1 is 0.870 bits per heavy atom. The van der Waals surface area contributed by atoms with Crippen molar-refractivity contribution in [3.05, 3.63) is 12.2 Å². The van der Waals surface area contributed by atoms with Crippen LogP contribution in [0.1, 0.15) is 32.1 Å². The molecule has 8 heteroatoms. The van der Waals surface area contributed by atoms with Crippen LogP contribution in [-0.4, -0.2) is 44.3 Å². The van der Waals surface area contributed by atoms with Gasteiger partial charge in [0.2, 0.25) is 0 Å². The molecule has 1 aliphatic carbocycles. The Morgan fingerprint density at radius 2 is 1.35 bits per heavy atom. The molecule has 4 N–H and O–H groups in total. The molecule has 1 aliphatic rings. The number of hydrogen-bond acceptors (Lipinski definition) is 4. The van der Waals surface area contributed by atoms with Gasteiger partial charge < -0.3 is 20.4 Å². The smallest absolute Gasteiger partial charge is 0.317 e. The number of allylic oxidation sites excluding steroid dienone is 2. The SMILES string of the molecule is O=C(O)C(CC1C=CCCC(CC(C(=O)O)C(=O)O)C1)C(=O)O. The minimum atomic E-state index is -1.53. The van der Waals surface area contributed by atoms with Crippen molar-refractivity contribution >= 4 is 23.9 Å². The summed E-state index contributed by atoms with van der Waals surface area (Å²) in [7, 11) is 0. The minimum absolute atomic E-state index is 0.0480. The number of carbonyl (C=O) groups is 4. The predicted molar refractivity (Wildman–Crippen MR) is 76.7 cm³/mol. The van der Waals surface area contributed by atoms with E-state index in [9.17, 15) is 19.2 Å². The molecule has 0 fully saturated rings. The Hall–Kier alpha value is -2.38. The molecule has 0 radical (unpaired) electrons. The lowest BCUT2D eigenvalue weighted by Crippen LogP contribution is -2.28. The van der Waals surface area contributed by atoms with Gasteiger partial charge >= 0.3 is 23.9 Å². The largest absolute Gasteiger partial charge is 0.481 e. The van der Waals surface area contributed by atoms with Crippen molar-refractivity contribution in [2.75, 3.05) is 0 Å². The Labute approximate surface area is 132 Å². The molecule has 0 aromatic heterocycles. The zero-order chi connectivity index (χ0) is 17.6. The standard InChI is InChI=1S/C15H20O8/c16-12(17)10(13(18)19)6-8-3-1-2-4-9(5-8)7-11(14(20)21)15(22)23/h1,3,8-11H,2,4-7H2,(H,16,17)(H,18,19)(H,20,21)(H,22,23). The van der Waals surface area contributed by atoms with Gasteiger partial charge in [0, 0.05) is 0 Å². The van der Waals surface area contributed by atoms with Crippen molar-refractivity contribution in [2.45, 2.75) is 32.1 Å². The normalized spacial score (nSPS) is 21.1. The van der Waals surface area contributed by atoms with Gasteiger partial charge in [0.1, 0.15) is 0 Å². The first kappa shape index (κ1) is 18.7. The Morgan fingerprint density at radius 3 is 1.83 bits per heavy atom. The van der Waals surface area contributed by atoms with E-state index in [1.165, 1.54) is 0 Å². The molecule has 8 nitrogen and oxygen atoms in total. The van der Waals surface area contributed by atoms with Crippen molar-refractivity contribution in [2.24, 2.45) is 23.7 Å². The van der Waals surface area contributed by atoms with E-state index >= 15 is 0 Å². The molecule has 2 unspecified atom stereocenters. The van der Waals surface area contributed by atoms with E-state index in [-0.39, 0.29) is 24.7 Å². The van der Waals surface area contributed by atoms with Crippen LogP contribution in [-0.2, 0) is 19.2 Å². The lowest BCUT2D eigenvalue weighted by Gasteiger charge is -2.22. The van der Waals surface area contributed by atoms with Gasteiger partial charge in [0.15, 0.2) is 11.8 Å². The first-order chi connectivity index (χ1) is 10.7. The predicted octanol–water partition coefficient (Wildman–Crippen LogP) is 1.31. The molecule has 0 spiro atoms. The quantitative estimate of drug-likeness (QED) is 0.385. The van der Waals surface area contributed by atoms with Gasteiger partial charge in [-0.1, -0.05) is 12.2 Å². The Bertz CT molecular complexity index is 482. The van der Waals surface area contributed by atoms with Crippen LogP contribution in [0.2, 0.25) is 0 Å². The monoisotopic (exact) mass is 328 g/mol. The molecule has 0 heterocycles. The number of rotatable bonds is 8. The third-order valence-electron chi connectivity index (χ3n) is 4.09.